The Balaban J connectivity index is 1.36. The van der Waals surface area contributed by atoms with Gasteiger partial charge in [-0.25, -0.2) is 0 Å². The molecule has 32 heavy (non-hydrogen) atoms. The zero-order valence-corrected chi connectivity index (χ0v) is 17.8. The van der Waals surface area contributed by atoms with Gasteiger partial charge in [-0.1, -0.05) is 41.9 Å². The fourth-order valence-corrected chi connectivity index (χ4v) is 2.82. The molecule has 0 saturated heterocycles. The van der Waals surface area contributed by atoms with Crippen LogP contribution >= 0.6 is 11.6 Å². The molecular weight excluding hydrogens is 432 g/mol. The number of rotatable bonds is 9. The van der Waals surface area contributed by atoms with Gasteiger partial charge in [-0.3, -0.25) is 14.4 Å². The van der Waals surface area contributed by atoms with Gasteiger partial charge in [-0.2, -0.15) is 0 Å². The SMILES string of the molecule is O=C(CCC(=O)OCC(=O)Nc1ccccc1Cl)Nc1ccc(Oc2ccccc2)cc1. The van der Waals surface area contributed by atoms with Crippen LogP contribution < -0.4 is 15.4 Å². The van der Waals surface area contributed by atoms with Crippen molar-refractivity contribution in [2.24, 2.45) is 0 Å². The Labute approximate surface area is 190 Å². The van der Waals surface area contributed by atoms with E-state index in [2.05, 4.69) is 10.6 Å². The summed E-state index contributed by atoms with van der Waals surface area (Å²) in [5.74, 6) is -0.176. The molecule has 0 aromatic heterocycles. The number of amides is 2. The van der Waals surface area contributed by atoms with Crippen LogP contribution in [-0.4, -0.2) is 24.4 Å². The molecule has 164 valence electrons. The maximum atomic E-state index is 12.1. The lowest BCUT2D eigenvalue weighted by atomic mass is 10.2. The first-order valence-electron chi connectivity index (χ1n) is 9.82. The van der Waals surface area contributed by atoms with Gasteiger partial charge in [-0.05, 0) is 48.5 Å². The number of hydrogen-bond donors (Lipinski definition) is 2. The highest BCUT2D eigenvalue weighted by atomic mass is 35.5. The van der Waals surface area contributed by atoms with Crippen molar-refractivity contribution in [2.75, 3.05) is 17.2 Å². The van der Waals surface area contributed by atoms with Crippen molar-refractivity contribution in [1.29, 1.82) is 0 Å². The summed E-state index contributed by atoms with van der Waals surface area (Å²) in [7, 11) is 0. The lowest BCUT2D eigenvalue weighted by Crippen LogP contribution is -2.22. The molecule has 8 heteroatoms. The summed E-state index contributed by atoms with van der Waals surface area (Å²) in [6.07, 6.45) is -0.229. The van der Waals surface area contributed by atoms with Crippen molar-refractivity contribution in [3.63, 3.8) is 0 Å². The van der Waals surface area contributed by atoms with Crippen LogP contribution in [0.5, 0.6) is 11.5 Å². The monoisotopic (exact) mass is 452 g/mol. The van der Waals surface area contributed by atoms with E-state index in [9.17, 15) is 14.4 Å². The van der Waals surface area contributed by atoms with Crippen LogP contribution in [0, 0.1) is 0 Å². The van der Waals surface area contributed by atoms with Crippen molar-refractivity contribution in [2.45, 2.75) is 12.8 Å². The summed E-state index contributed by atoms with van der Waals surface area (Å²) < 4.78 is 10.6. The molecule has 0 spiro atoms. The number of carbonyl (C=O) groups excluding carboxylic acids is 3. The van der Waals surface area contributed by atoms with Crippen LogP contribution in [0.25, 0.3) is 0 Å². The largest absolute Gasteiger partial charge is 0.457 e. The maximum absolute atomic E-state index is 12.1. The first-order chi connectivity index (χ1) is 15.5. The van der Waals surface area contributed by atoms with E-state index in [1.165, 1.54) is 0 Å². The second-order valence-electron chi connectivity index (χ2n) is 6.68. The molecule has 0 radical (unpaired) electrons. The molecule has 3 aromatic carbocycles. The molecule has 0 fully saturated rings. The van der Waals surface area contributed by atoms with Crippen molar-refractivity contribution in [3.05, 3.63) is 83.9 Å². The number of carbonyl (C=O) groups is 3. The minimum atomic E-state index is -0.652. The van der Waals surface area contributed by atoms with Gasteiger partial charge in [-0.15, -0.1) is 0 Å². The molecule has 0 unspecified atom stereocenters. The number of anilines is 2. The van der Waals surface area contributed by atoms with Crippen LogP contribution in [0.3, 0.4) is 0 Å². The first-order valence-corrected chi connectivity index (χ1v) is 10.2. The van der Waals surface area contributed by atoms with Crippen LogP contribution in [0.4, 0.5) is 11.4 Å². The zero-order chi connectivity index (χ0) is 22.8. The fourth-order valence-electron chi connectivity index (χ4n) is 2.64. The maximum Gasteiger partial charge on any atom is 0.306 e. The Bertz CT molecular complexity index is 1070. The molecule has 0 aliphatic heterocycles. The molecule has 0 aliphatic rings. The fraction of sp³-hybridized carbons (Fsp3) is 0.125. The molecule has 0 bridgehead atoms. The minimum absolute atomic E-state index is 0.0762. The number of para-hydroxylation sites is 2. The average molecular weight is 453 g/mol. The van der Waals surface area contributed by atoms with E-state index in [4.69, 9.17) is 21.1 Å². The van der Waals surface area contributed by atoms with Gasteiger partial charge in [0.1, 0.15) is 11.5 Å². The van der Waals surface area contributed by atoms with E-state index in [1.54, 1.807) is 48.5 Å². The number of hydrogen-bond acceptors (Lipinski definition) is 5. The molecule has 3 aromatic rings. The Morgan fingerprint density at radius 2 is 1.38 bits per heavy atom. The summed E-state index contributed by atoms with van der Waals surface area (Å²) in [6.45, 7) is -0.464. The molecule has 2 N–H and O–H groups in total. The average Bonchev–Trinajstić information content (AvgIpc) is 2.80. The van der Waals surface area contributed by atoms with Crippen LogP contribution in [-0.2, 0) is 19.1 Å². The minimum Gasteiger partial charge on any atom is -0.457 e. The van der Waals surface area contributed by atoms with E-state index in [0.29, 0.717) is 27.9 Å². The van der Waals surface area contributed by atoms with Crippen LogP contribution in [0.15, 0.2) is 78.9 Å². The second kappa shape index (κ2) is 11.5. The third-order valence-corrected chi connectivity index (χ3v) is 4.51. The number of ether oxygens (including phenoxy) is 2. The smallest absolute Gasteiger partial charge is 0.306 e. The Hall–Kier alpha value is -3.84. The van der Waals surface area contributed by atoms with E-state index < -0.39 is 18.5 Å². The molecule has 0 aliphatic carbocycles. The van der Waals surface area contributed by atoms with Crippen molar-refractivity contribution < 1.29 is 23.9 Å². The lowest BCUT2D eigenvalue weighted by Gasteiger charge is -2.09. The third-order valence-electron chi connectivity index (χ3n) is 4.19. The summed E-state index contributed by atoms with van der Waals surface area (Å²) in [6, 6.07) is 22.9. The predicted octanol–water partition coefficient (Wildman–Crippen LogP) is 5.03. The molecule has 0 atom stereocenters. The van der Waals surface area contributed by atoms with Crippen LogP contribution in [0.1, 0.15) is 12.8 Å². The quantitative estimate of drug-likeness (QED) is 0.444. The molecule has 3 rings (SSSR count). The van der Waals surface area contributed by atoms with Crippen LogP contribution in [0.2, 0.25) is 5.02 Å². The highest BCUT2D eigenvalue weighted by Gasteiger charge is 2.12. The molecular formula is C24H21ClN2O5. The predicted molar refractivity (Wildman–Crippen MR) is 122 cm³/mol. The second-order valence-corrected chi connectivity index (χ2v) is 7.08. The zero-order valence-electron chi connectivity index (χ0n) is 17.0. The standard InChI is InChI=1S/C24H21ClN2O5/c25-20-8-4-5-9-21(20)27-23(29)16-31-24(30)15-14-22(28)26-17-10-12-19(13-11-17)32-18-6-2-1-3-7-18/h1-13H,14-16H2,(H,26,28)(H,27,29). The van der Waals surface area contributed by atoms with Gasteiger partial charge < -0.3 is 20.1 Å². The highest BCUT2D eigenvalue weighted by molar-refractivity contribution is 6.33. The molecule has 2 amide bonds. The van der Waals surface area contributed by atoms with Gasteiger partial charge in [0.05, 0.1) is 17.1 Å². The Morgan fingerprint density at radius 1 is 0.719 bits per heavy atom. The summed E-state index contributed by atoms with van der Waals surface area (Å²) in [5.41, 5.74) is 0.998. The third kappa shape index (κ3) is 7.45. The molecule has 7 nitrogen and oxygen atoms in total. The van der Waals surface area contributed by atoms with Gasteiger partial charge in [0.25, 0.3) is 5.91 Å². The van der Waals surface area contributed by atoms with Gasteiger partial charge in [0.2, 0.25) is 5.91 Å². The number of benzene rings is 3. The molecule has 0 heterocycles. The van der Waals surface area contributed by atoms with E-state index >= 15 is 0 Å². The normalized spacial score (nSPS) is 10.2. The summed E-state index contributed by atoms with van der Waals surface area (Å²) in [4.78, 5) is 35.7. The van der Waals surface area contributed by atoms with Crippen molar-refractivity contribution in [1.82, 2.24) is 0 Å². The number of esters is 1. The van der Waals surface area contributed by atoms with Gasteiger partial charge in [0, 0.05) is 12.1 Å². The van der Waals surface area contributed by atoms with Crippen molar-refractivity contribution >= 4 is 40.8 Å². The Kier molecular flexibility index (Phi) is 8.22. The summed E-state index contributed by atoms with van der Waals surface area (Å²) >= 11 is 5.95. The topological polar surface area (TPSA) is 93.7 Å². The number of halogens is 1. The van der Waals surface area contributed by atoms with Gasteiger partial charge >= 0.3 is 5.97 Å². The summed E-state index contributed by atoms with van der Waals surface area (Å²) in [5, 5.41) is 5.62. The Morgan fingerprint density at radius 3 is 2.09 bits per heavy atom. The van der Waals surface area contributed by atoms with Gasteiger partial charge in [0.15, 0.2) is 6.61 Å². The highest BCUT2D eigenvalue weighted by Crippen LogP contribution is 2.23. The first kappa shape index (κ1) is 22.8. The van der Waals surface area contributed by atoms with Crippen molar-refractivity contribution in [3.8, 4) is 11.5 Å². The molecule has 0 saturated carbocycles. The van der Waals surface area contributed by atoms with E-state index in [0.717, 1.165) is 0 Å². The van der Waals surface area contributed by atoms with E-state index in [-0.39, 0.29) is 18.7 Å². The number of nitrogens with one attached hydrogen (secondary N) is 2. The van der Waals surface area contributed by atoms with E-state index in [1.807, 2.05) is 30.3 Å². The lowest BCUT2D eigenvalue weighted by molar-refractivity contribution is -0.147.